The van der Waals surface area contributed by atoms with Crippen LogP contribution in [-0.2, 0) is 0 Å². The summed E-state index contributed by atoms with van der Waals surface area (Å²) >= 11 is 0. The summed E-state index contributed by atoms with van der Waals surface area (Å²) in [5.41, 5.74) is 6.33. The van der Waals surface area contributed by atoms with Crippen LogP contribution in [0.1, 0.15) is 13.8 Å². The van der Waals surface area contributed by atoms with E-state index in [2.05, 4.69) is 37.7 Å². The fourth-order valence-corrected chi connectivity index (χ4v) is 2.34. The van der Waals surface area contributed by atoms with Gasteiger partial charge in [0.1, 0.15) is 18.5 Å². The summed E-state index contributed by atoms with van der Waals surface area (Å²) in [6.07, 6.45) is -0.507. The number of hydrogen-bond donors (Lipinski definition) is 2. The van der Waals surface area contributed by atoms with Gasteiger partial charge in [0, 0.05) is 24.8 Å². The number of hydrogen-bond acceptors (Lipinski definition) is 5. The maximum absolute atomic E-state index is 10.1. The van der Waals surface area contributed by atoms with Gasteiger partial charge in [-0.15, -0.1) is 0 Å². The van der Waals surface area contributed by atoms with Crippen LogP contribution >= 0.6 is 0 Å². The molecule has 0 aromatic heterocycles. The van der Waals surface area contributed by atoms with Gasteiger partial charge in [0.2, 0.25) is 0 Å². The molecule has 5 nitrogen and oxygen atoms in total. The average molecular weight is 295 g/mol. The molecular formula is C16H29N3O2. The number of rotatable bonds is 9. The molecule has 0 radical (unpaired) electrons. The summed E-state index contributed by atoms with van der Waals surface area (Å²) in [5.74, 6) is 0.729. The zero-order chi connectivity index (χ0) is 15.8. The van der Waals surface area contributed by atoms with Crippen molar-refractivity contribution >= 4 is 5.69 Å². The minimum Gasteiger partial charge on any atom is -0.491 e. The molecule has 0 spiro atoms. The Bertz CT molecular complexity index is 395. The molecular weight excluding hydrogens is 266 g/mol. The molecule has 0 aliphatic heterocycles. The van der Waals surface area contributed by atoms with Gasteiger partial charge in [0.25, 0.3) is 0 Å². The van der Waals surface area contributed by atoms with Crippen molar-refractivity contribution in [1.82, 2.24) is 9.80 Å². The number of likely N-dealkylation sites (N-methyl/N-ethyl adjacent to an activating group) is 2. The lowest BCUT2D eigenvalue weighted by Crippen LogP contribution is -2.44. The lowest BCUT2D eigenvalue weighted by molar-refractivity contribution is 0.0523. The van der Waals surface area contributed by atoms with Crippen LogP contribution in [-0.4, -0.2) is 67.4 Å². The molecule has 0 fully saturated rings. The van der Waals surface area contributed by atoms with E-state index in [0.29, 0.717) is 18.3 Å². The topological polar surface area (TPSA) is 62.0 Å². The van der Waals surface area contributed by atoms with E-state index in [0.717, 1.165) is 18.8 Å². The second-order valence-electron chi connectivity index (χ2n) is 5.73. The van der Waals surface area contributed by atoms with Crippen LogP contribution < -0.4 is 10.5 Å². The van der Waals surface area contributed by atoms with E-state index in [-0.39, 0.29) is 6.61 Å². The van der Waals surface area contributed by atoms with Gasteiger partial charge in [-0.25, -0.2) is 0 Å². The number of benzene rings is 1. The summed E-state index contributed by atoms with van der Waals surface area (Å²) in [4.78, 5) is 4.42. The van der Waals surface area contributed by atoms with Gasteiger partial charge in [-0.05, 0) is 51.8 Å². The fourth-order valence-electron chi connectivity index (χ4n) is 2.34. The van der Waals surface area contributed by atoms with Crippen molar-refractivity contribution in [3.05, 3.63) is 24.3 Å². The predicted octanol–water partition coefficient (Wildman–Crippen LogP) is 1.28. The molecule has 1 rings (SSSR count). The standard InChI is InChI=1S/C16H29N3O2/c1-5-19(13(2)10-18(3)4)11-15(20)12-21-16-8-6-14(17)7-9-16/h6-9,13,15,20H,5,10-12,17H2,1-4H3. The van der Waals surface area contributed by atoms with Crippen molar-refractivity contribution in [1.29, 1.82) is 0 Å². The maximum atomic E-state index is 10.1. The Morgan fingerprint density at radius 3 is 2.33 bits per heavy atom. The maximum Gasteiger partial charge on any atom is 0.119 e. The first-order valence-electron chi connectivity index (χ1n) is 7.47. The normalized spacial score (nSPS) is 14.4. The summed E-state index contributed by atoms with van der Waals surface area (Å²) in [6, 6.07) is 7.61. The number of aliphatic hydroxyl groups excluding tert-OH is 1. The van der Waals surface area contributed by atoms with E-state index in [9.17, 15) is 5.11 Å². The van der Waals surface area contributed by atoms with Crippen molar-refractivity contribution in [3.8, 4) is 5.75 Å². The third kappa shape index (κ3) is 6.80. The van der Waals surface area contributed by atoms with Crippen LogP contribution in [0.3, 0.4) is 0 Å². The summed E-state index contributed by atoms with van der Waals surface area (Å²) in [6.45, 7) is 7.07. The van der Waals surface area contributed by atoms with Gasteiger partial charge in [0.15, 0.2) is 0 Å². The Hall–Kier alpha value is -1.30. The van der Waals surface area contributed by atoms with Crippen molar-refractivity contribution in [3.63, 3.8) is 0 Å². The molecule has 21 heavy (non-hydrogen) atoms. The minimum absolute atomic E-state index is 0.287. The molecule has 2 unspecified atom stereocenters. The van der Waals surface area contributed by atoms with E-state index < -0.39 is 6.10 Å². The Balaban J connectivity index is 2.40. The minimum atomic E-state index is -0.507. The van der Waals surface area contributed by atoms with Crippen molar-refractivity contribution in [2.24, 2.45) is 0 Å². The van der Waals surface area contributed by atoms with Gasteiger partial charge in [-0.2, -0.15) is 0 Å². The van der Waals surface area contributed by atoms with Crippen molar-refractivity contribution in [2.75, 3.05) is 46.1 Å². The van der Waals surface area contributed by atoms with Gasteiger partial charge in [-0.3, -0.25) is 4.90 Å². The van der Waals surface area contributed by atoms with Crippen LogP contribution in [0.4, 0.5) is 5.69 Å². The molecule has 120 valence electrons. The highest BCUT2D eigenvalue weighted by Gasteiger charge is 2.17. The molecule has 1 aromatic rings. The zero-order valence-electron chi connectivity index (χ0n) is 13.6. The van der Waals surface area contributed by atoms with E-state index in [1.807, 2.05) is 12.1 Å². The van der Waals surface area contributed by atoms with Crippen molar-refractivity contribution < 1.29 is 9.84 Å². The number of ether oxygens (including phenoxy) is 1. The van der Waals surface area contributed by atoms with E-state index in [4.69, 9.17) is 10.5 Å². The van der Waals surface area contributed by atoms with Gasteiger partial charge < -0.3 is 20.5 Å². The Labute approximate surface area is 128 Å². The number of nitrogen functional groups attached to an aromatic ring is 1. The monoisotopic (exact) mass is 295 g/mol. The molecule has 1 aromatic carbocycles. The smallest absolute Gasteiger partial charge is 0.119 e. The molecule has 3 N–H and O–H groups in total. The highest BCUT2D eigenvalue weighted by Crippen LogP contribution is 2.13. The number of aliphatic hydroxyl groups is 1. The average Bonchev–Trinajstić information content (AvgIpc) is 2.43. The van der Waals surface area contributed by atoms with E-state index in [1.165, 1.54) is 0 Å². The Morgan fingerprint density at radius 1 is 1.19 bits per heavy atom. The number of nitrogens with two attached hydrogens (primary N) is 1. The largest absolute Gasteiger partial charge is 0.491 e. The first-order valence-corrected chi connectivity index (χ1v) is 7.47. The molecule has 0 saturated carbocycles. The van der Waals surface area contributed by atoms with E-state index in [1.54, 1.807) is 12.1 Å². The molecule has 2 atom stereocenters. The number of nitrogens with zero attached hydrogens (tertiary/aromatic N) is 2. The zero-order valence-corrected chi connectivity index (χ0v) is 13.6. The van der Waals surface area contributed by atoms with Crippen LogP contribution in [0.15, 0.2) is 24.3 Å². The molecule has 0 saturated heterocycles. The van der Waals surface area contributed by atoms with Gasteiger partial charge in [-0.1, -0.05) is 6.92 Å². The van der Waals surface area contributed by atoms with Gasteiger partial charge >= 0.3 is 0 Å². The third-order valence-corrected chi connectivity index (χ3v) is 3.43. The molecule has 5 heteroatoms. The summed E-state index contributed by atoms with van der Waals surface area (Å²) in [7, 11) is 4.12. The second-order valence-corrected chi connectivity index (χ2v) is 5.73. The first kappa shape index (κ1) is 17.8. The summed E-state index contributed by atoms with van der Waals surface area (Å²) < 4.78 is 5.59. The quantitative estimate of drug-likeness (QED) is 0.672. The van der Waals surface area contributed by atoms with Crippen molar-refractivity contribution in [2.45, 2.75) is 26.0 Å². The van der Waals surface area contributed by atoms with Crippen LogP contribution in [0.2, 0.25) is 0 Å². The Morgan fingerprint density at radius 2 is 1.81 bits per heavy atom. The molecule has 0 bridgehead atoms. The first-order chi connectivity index (χ1) is 9.92. The lowest BCUT2D eigenvalue weighted by atomic mass is 10.2. The molecule has 0 heterocycles. The second kappa shape index (κ2) is 8.87. The molecule has 0 aliphatic rings. The fraction of sp³-hybridized carbons (Fsp3) is 0.625. The molecule has 0 amide bonds. The van der Waals surface area contributed by atoms with Crippen LogP contribution in [0, 0.1) is 0 Å². The SMILES string of the molecule is CCN(CC(O)COc1ccc(N)cc1)C(C)CN(C)C. The molecule has 0 aliphatic carbocycles. The predicted molar refractivity (Wildman–Crippen MR) is 87.6 cm³/mol. The highest BCUT2D eigenvalue weighted by atomic mass is 16.5. The van der Waals surface area contributed by atoms with Crippen LogP contribution in [0.25, 0.3) is 0 Å². The summed E-state index contributed by atoms with van der Waals surface area (Å²) in [5, 5.41) is 10.1. The number of anilines is 1. The van der Waals surface area contributed by atoms with E-state index >= 15 is 0 Å². The third-order valence-electron chi connectivity index (χ3n) is 3.43. The van der Waals surface area contributed by atoms with Gasteiger partial charge in [0.05, 0.1) is 0 Å². The lowest BCUT2D eigenvalue weighted by Gasteiger charge is -2.31. The van der Waals surface area contributed by atoms with Crippen LogP contribution in [0.5, 0.6) is 5.75 Å². The highest BCUT2D eigenvalue weighted by molar-refractivity contribution is 5.41. The Kier molecular flexibility index (Phi) is 7.50.